The van der Waals surface area contributed by atoms with E-state index in [1.54, 1.807) is 12.1 Å². The van der Waals surface area contributed by atoms with Crippen molar-refractivity contribution in [3.8, 4) is 11.6 Å². The van der Waals surface area contributed by atoms with E-state index in [2.05, 4.69) is 15.0 Å². The van der Waals surface area contributed by atoms with E-state index >= 15 is 0 Å². The molecule has 1 aromatic heterocycles. The zero-order valence-corrected chi connectivity index (χ0v) is 18.2. The van der Waals surface area contributed by atoms with Crippen LogP contribution in [0, 0.1) is 12.3 Å². The number of pyridine rings is 1. The highest BCUT2D eigenvalue weighted by molar-refractivity contribution is 6.03. The van der Waals surface area contributed by atoms with E-state index in [-0.39, 0.29) is 41.3 Å². The molecular formula is C24H21F3N2O5. The molecule has 1 amide bonds. The SMILES string of the molecule is Cc1ccc2c(c1)C(=O)C[C@H](C(=O)NC13CC(CC(=O)c4ccc(OC(F)(F)F)nc4)(C1)C3)O2. The number of nitrogens with zero attached hydrogens (tertiary/aromatic N) is 1. The van der Waals surface area contributed by atoms with Gasteiger partial charge in [-0.1, -0.05) is 11.6 Å². The number of nitrogens with one attached hydrogen (secondary N) is 1. The van der Waals surface area contributed by atoms with Crippen LogP contribution in [-0.2, 0) is 4.79 Å². The summed E-state index contributed by atoms with van der Waals surface area (Å²) in [6.45, 7) is 1.88. The molecule has 0 saturated heterocycles. The number of ether oxygens (including phenoxy) is 2. The Morgan fingerprint density at radius 1 is 1.21 bits per heavy atom. The number of Topliss-reactive ketones (excluding diaryl/α,β-unsaturated/α-hetero) is 2. The maximum Gasteiger partial charge on any atom is 0.574 e. The molecule has 2 bridgehead atoms. The van der Waals surface area contributed by atoms with Crippen molar-refractivity contribution in [2.45, 2.75) is 57.0 Å². The molecular weight excluding hydrogens is 453 g/mol. The van der Waals surface area contributed by atoms with Gasteiger partial charge in [-0.2, -0.15) is 0 Å². The van der Waals surface area contributed by atoms with Crippen LogP contribution < -0.4 is 14.8 Å². The molecule has 6 rings (SSSR count). The summed E-state index contributed by atoms with van der Waals surface area (Å²) in [6, 6.07) is 7.53. The van der Waals surface area contributed by atoms with Crippen molar-refractivity contribution in [2.75, 3.05) is 0 Å². The van der Waals surface area contributed by atoms with Gasteiger partial charge in [-0.05, 0) is 49.8 Å². The van der Waals surface area contributed by atoms with Crippen LogP contribution in [0.1, 0.15) is 58.4 Å². The summed E-state index contributed by atoms with van der Waals surface area (Å²) in [6.07, 6.45) is -2.60. The lowest BCUT2D eigenvalue weighted by molar-refractivity contribution is -0.276. The van der Waals surface area contributed by atoms with Crippen molar-refractivity contribution in [1.82, 2.24) is 10.3 Å². The Morgan fingerprint density at radius 2 is 1.94 bits per heavy atom. The molecule has 2 aromatic rings. The van der Waals surface area contributed by atoms with Gasteiger partial charge in [-0.25, -0.2) is 4.98 Å². The Hall–Kier alpha value is -3.43. The molecule has 3 aliphatic carbocycles. The Balaban J connectivity index is 1.14. The first-order valence-electron chi connectivity index (χ1n) is 10.8. The standard InChI is InChI=1S/C24H21F3N2O5/c1-13-2-4-18-15(6-13)16(30)7-19(33-18)21(32)29-23-10-22(11-23,12-23)8-17(31)14-3-5-20(28-9-14)34-24(25,26)27/h2-6,9,19H,7-8,10-12H2,1H3,(H,29,32)/t19-,22?,23?/m1/s1. The van der Waals surface area contributed by atoms with E-state index in [4.69, 9.17) is 4.74 Å². The lowest BCUT2D eigenvalue weighted by Crippen LogP contribution is -2.75. The van der Waals surface area contributed by atoms with Crippen LogP contribution in [-0.4, -0.2) is 40.5 Å². The zero-order valence-electron chi connectivity index (χ0n) is 18.2. The third-order valence-corrected chi connectivity index (χ3v) is 6.71. The van der Waals surface area contributed by atoms with Crippen molar-refractivity contribution in [2.24, 2.45) is 5.41 Å². The van der Waals surface area contributed by atoms with Crippen molar-refractivity contribution in [3.05, 3.63) is 53.2 Å². The predicted molar refractivity (Wildman–Crippen MR) is 112 cm³/mol. The largest absolute Gasteiger partial charge is 0.574 e. The van der Waals surface area contributed by atoms with Gasteiger partial charge >= 0.3 is 6.36 Å². The molecule has 0 spiro atoms. The molecule has 1 aliphatic heterocycles. The number of aryl methyl sites for hydroxylation is 1. The molecule has 10 heteroatoms. The summed E-state index contributed by atoms with van der Waals surface area (Å²) in [4.78, 5) is 41.3. The summed E-state index contributed by atoms with van der Waals surface area (Å²) in [5, 5.41) is 3.00. The minimum Gasteiger partial charge on any atom is -0.479 e. The summed E-state index contributed by atoms with van der Waals surface area (Å²) < 4.78 is 46.2. The van der Waals surface area contributed by atoms with Crippen LogP contribution >= 0.6 is 0 Å². The second kappa shape index (κ2) is 7.54. The molecule has 4 aliphatic rings. The minimum atomic E-state index is -4.85. The molecule has 3 fully saturated rings. The van der Waals surface area contributed by atoms with Gasteiger partial charge in [-0.15, -0.1) is 13.2 Å². The molecule has 0 radical (unpaired) electrons. The molecule has 0 unspecified atom stereocenters. The van der Waals surface area contributed by atoms with Gasteiger partial charge in [0.15, 0.2) is 17.7 Å². The average Bonchev–Trinajstić information content (AvgIpc) is 2.70. The Labute approximate surface area is 192 Å². The third-order valence-electron chi connectivity index (χ3n) is 6.71. The van der Waals surface area contributed by atoms with Gasteiger partial charge in [0.05, 0.1) is 12.0 Å². The fourth-order valence-corrected chi connectivity index (χ4v) is 5.41. The number of carbonyl (C=O) groups excluding carboxylic acids is 3. The fourth-order valence-electron chi connectivity index (χ4n) is 5.41. The van der Waals surface area contributed by atoms with Crippen LogP contribution in [0.2, 0.25) is 0 Å². The second-order valence-electron chi connectivity index (χ2n) is 9.57. The summed E-state index contributed by atoms with van der Waals surface area (Å²) in [7, 11) is 0. The number of ketones is 2. The number of amides is 1. The molecule has 34 heavy (non-hydrogen) atoms. The lowest BCUT2D eigenvalue weighted by Gasteiger charge is -2.70. The Bertz CT molecular complexity index is 1170. The first-order chi connectivity index (χ1) is 15.9. The highest BCUT2D eigenvalue weighted by Crippen LogP contribution is 2.69. The van der Waals surface area contributed by atoms with Crippen LogP contribution in [0.4, 0.5) is 13.2 Å². The molecule has 178 valence electrons. The Kier molecular flexibility index (Phi) is 4.96. The quantitative estimate of drug-likeness (QED) is 0.638. The highest BCUT2D eigenvalue weighted by atomic mass is 19.4. The minimum absolute atomic E-state index is 0.0248. The highest BCUT2D eigenvalue weighted by Gasteiger charge is 2.68. The number of hydrogen-bond donors (Lipinski definition) is 1. The molecule has 1 aromatic carbocycles. The summed E-state index contributed by atoms with van der Waals surface area (Å²) in [5.74, 6) is -0.924. The van der Waals surface area contributed by atoms with E-state index in [9.17, 15) is 27.6 Å². The van der Waals surface area contributed by atoms with Crippen LogP contribution in [0.15, 0.2) is 36.5 Å². The van der Waals surface area contributed by atoms with Gasteiger partial charge in [0.25, 0.3) is 5.91 Å². The Morgan fingerprint density at radius 3 is 2.59 bits per heavy atom. The van der Waals surface area contributed by atoms with Gasteiger partial charge < -0.3 is 14.8 Å². The number of halogens is 3. The van der Waals surface area contributed by atoms with Crippen molar-refractivity contribution < 1.29 is 37.0 Å². The molecule has 1 N–H and O–H groups in total. The average molecular weight is 474 g/mol. The van der Waals surface area contributed by atoms with Crippen molar-refractivity contribution in [1.29, 1.82) is 0 Å². The predicted octanol–water partition coefficient (Wildman–Crippen LogP) is 3.93. The van der Waals surface area contributed by atoms with Crippen LogP contribution in [0.3, 0.4) is 0 Å². The number of carbonyl (C=O) groups is 3. The smallest absolute Gasteiger partial charge is 0.479 e. The van der Waals surface area contributed by atoms with Gasteiger partial charge in [0.2, 0.25) is 5.88 Å². The second-order valence-corrected chi connectivity index (χ2v) is 9.57. The number of alkyl halides is 3. The molecule has 1 atom stereocenters. The van der Waals surface area contributed by atoms with Gasteiger partial charge in [0.1, 0.15) is 5.75 Å². The summed E-state index contributed by atoms with van der Waals surface area (Å²) >= 11 is 0. The van der Waals surface area contributed by atoms with E-state index in [0.29, 0.717) is 30.6 Å². The number of fused-ring (bicyclic) bond motifs is 1. The van der Waals surface area contributed by atoms with Gasteiger partial charge in [0, 0.05) is 29.8 Å². The zero-order chi connectivity index (χ0) is 24.3. The fraction of sp³-hybridized carbons (Fsp3) is 0.417. The van der Waals surface area contributed by atoms with Crippen LogP contribution in [0.5, 0.6) is 11.6 Å². The number of rotatable bonds is 6. The molecule has 7 nitrogen and oxygen atoms in total. The van der Waals surface area contributed by atoms with E-state index in [1.165, 1.54) is 6.07 Å². The number of hydrogen-bond acceptors (Lipinski definition) is 6. The van der Waals surface area contributed by atoms with Crippen molar-refractivity contribution >= 4 is 17.5 Å². The maximum absolute atomic E-state index is 12.8. The number of benzene rings is 1. The third kappa shape index (κ3) is 4.12. The van der Waals surface area contributed by atoms with Crippen molar-refractivity contribution in [3.63, 3.8) is 0 Å². The normalized spacial score (nSPS) is 26.9. The van der Waals surface area contributed by atoms with Gasteiger partial charge in [-0.3, -0.25) is 14.4 Å². The molecule has 2 heterocycles. The lowest BCUT2D eigenvalue weighted by atomic mass is 9.38. The first kappa shape index (κ1) is 22.4. The first-order valence-corrected chi connectivity index (χ1v) is 10.8. The number of aromatic nitrogens is 1. The topological polar surface area (TPSA) is 94.6 Å². The summed E-state index contributed by atoms with van der Waals surface area (Å²) in [5.41, 5.74) is 0.993. The van der Waals surface area contributed by atoms with E-state index in [1.807, 2.05) is 13.0 Å². The van der Waals surface area contributed by atoms with Crippen LogP contribution in [0.25, 0.3) is 0 Å². The monoisotopic (exact) mass is 474 g/mol. The maximum atomic E-state index is 12.8. The van der Waals surface area contributed by atoms with E-state index < -0.39 is 23.9 Å². The molecule has 3 saturated carbocycles. The van der Waals surface area contributed by atoms with E-state index in [0.717, 1.165) is 17.8 Å².